The minimum absolute atomic E-state index is 0.0102. The summed E-state index contributed by atoms with van der Waals surface area (Å²) in [6.45, 7) is 5.30. The number of nitrogens with one attached hydrogen (secondary N) is 1. The molecule has 2 atom stereocenters. The second-order valence-corrected chi connectivity index (χ2v) is 10.1. The van der Waals surface area contributed by atoms with E-state index in [9.17, 15) is 9.59 Å². The Bertz CT molecular complexity index is 1400. The van der Waals surface area contributed by atoms with E-state index in [1.165, 1.54) is 0 Å². The van der Waals surface area contributed by atoms with Crippen LogP contribution in [0.25, 0.3) is 11.0 Å². The molecule has 1 fully saturated rings. The molecule has 9 heteroatoms. The van der Waals surface area contributed by atoms with Crippen LogP contribution in [0.3, 0.4) is 0 Å². The number of para-hydroxylation sites is 1. The molecule has 3 heterocycles. The zero-order chi connectivity index (χ0) is 26.6. The number of hydrogen-bond donors (Lipinski definition) is 1. The molecule has 2 aromatic carbocycles. The maximum Gasteiger partial charge on any atom is 0.249 e. The number of rotatable bonds is 9. The molecule has 2 aromatic heterocycles. The van der Waals surface area contributed by atoms with Crippen molar-refractivity contribution in [3.63, 3.8) is 0 Å². The fourth-order valence-electron chi connectivity index (χ4n) is 4.95. The first-order chi connectivity index (χ1) is 18.4. The second kappa shape index (κ2) is 11.2. The average molecular weight is 515 g/mol. The lowest BCUT2D eigenvalue weighted by atomic mass is 10.0. The number of carbonyl (C=O) groups is 2. The minimum Gasteiger partial charge on any atom is -0.376 e. The number of nitrogens with zero attached hydrogens (tertiary/aromatic N) is 5. The van der Waals surface area contributed by atoms with Crippen LogP contribution >= 0.6 is 0 Å². The highest BCUT2D eigenvalue weighted by Gasteiger charge is 2.35. The first kappa shape index (κ1) is 25.7. The van der Waals surface area contributed by atoms with Gasteiger partial charge in [0.1, 0.15) is 12.1 Å². The van der Waals surface area contributed by atoms with Crippen LogP contribution in [0.5, 0.6) is 0 Å². The number of ether oxygens (including phenoxy) is 1. The zero-order valence-electron chi connectivity index (χ0n) is 22.1. The van der Waals surface area contributed by atoms with Crippen LogP contribution in [0.1, 0.15) is 49.9 Å². The summed E-state index contributed by atoms with van der Waals surface area (Å²) in [7, 11) is 1.88. The van der Waals surface area contributed by atoms with Gasteiger partial charge in [-0.2, -0.15) is 0 Å². The van der Waals surface area contributed by atoms with Gasteiger partial charge in [-0.3, -0.25) is 14.5 Å². The number of anilines is 1. The molecule has 0 bridgehead atoms. The molecule has 198 valence electrons. The average Bonchev–Trinajstić information content (AvgIpc) is 3.68. The predicted molar refractivity (Wildman–Crippen MR) is 146 cm³/mol. The van der Waals surface area contributed by atoms with Gasteiger partial charge in [0.2, 0.25) is 11.8 Å². The van der Waals surface area contributed by atoms with Gasteiger partial charge >= 0.3 is 0 Å². The molecule has 0 spiro atoms. The Labute approximate surface area is 222 Å². The molecule has 0 aliphatic carbocycles. The molecular formula is C29H34N6O3. The Balaban J connectivity index is 1.53. The Hall–Kier alpha value is -3.98. The van der Waals surface area contributed by atoms with E-state index in [4.69, 9.17) is 4.74 Å². The Kier molecular flexibility index (Phi) is 7.55. The summed E-state index contributed by atoms with van der Waals surface area (Å²) in [5.41, 5.74) is 3.97. The minimum atomic E-state index is -0.886. The maximum atomic E-state index is 14.1. The summed E-state index contributed by atoms with van der Waals surface area (Å²) in [5, 5.41) is 11.5. The molecular weight excluding hydrogens is 480 g/mol. The van der Waals surface area contributed by atoms with E-state index in [1.54, 1.807) is 9.58 Å². The summed E-state index contributed by atoms with van der Waals surface area (Å²) in [6, 6.07) is 18.2. The summed E-state index contributed by atoms with van der Waals surface area (Å²) in [4.78, 5) is 29.5. The molecule has 1 aliphatic heterocycles. The number of aromatic nitrogens is 4. The van der Waals surface area contributed by atoms with Crippen LogP contribution in [-0.4, -0.2) is 50.6 Å². The third-order valence-electron chi connectivity index (χ3n) is 7.11. The van der Waals surface area contributed by atoms with Crippen molar-refractivity contribution >= 4 is 28.5 Å². The van der Waals surface area contributed by atoms with E-state index < -0.39 is 6.04 Å². The molecule has 1 N–H and O–H groups in total. The van der Waals surface area contributed by atoms with Crippen LogP contribution in [0.15, 0.2) is 66.9 Å². The number of aryl methyl sites for hydroxylation is 1. The van der Waals surface area contributed by atoms with E-state index in [-0.39, 0.29) is 24.5 Å². The van der Waals surface area contributed by atoms with Crippen molar-refractivity contribution in [2.24, 2.45) is 7.05 Å². The first-order valence-electron chi connectivity index (χ1n) is 13.1. The smallest absolute Gasteiger partial charge is 0.249 e. The quantitative estimate of drug-likeness (QED) is 0.365. The summed E-state index contributed by atoms with van der Waals surface area (Å²) < 4.78 is 9.18. The van der Waals surface area contributed by atoms with Crippen molar-refractivity contribution < 1.29 is 14.3 Å². The highest BCUT2D eigenvalue weighted by Crippen LogP contribution is 2.30. The number of hydrogen-bond acceptors (Lipinski definition) is 5. The monoisotopic (exact) mass is 514 g/mol. The van der Waals surface area contributed by atoms with Gasteiger partial charge in [-0.25, -0.2) is 4.68 Å². The van der Waals surface area contributed by atoms with Crippen LogP contribution < -0.4 is 10.2 Å². The summed E-state index contributed by atoms with van der Waals surface area (Å²) in [6.07, 6.45) is 3.77. The van der Waals surface area contributed by atoms with Crippen molar-refractivity contribution in [2.45, 2.75) is 51.3 Å². The van der Waals surface area contributed by atoms with Crippen molar-refractivity contribution in [3.05, 3.63) is 78.1 Å². The van der Waals surface area contributed by atoms with Gasteiger partial charge in [-0.15, -0.1) is 5.10 Å². The molecule has 9 nitrogen and oxygen atoms in total. The molecule has 0 radical (unpaired) electrons. The highest BCUT2D eigenvalue weighted by atomic mass is 16.5. The van der Waals surface area contributed by atoms with E-state index >= 15 is 0 Å². The third kappa shape index (κ3) is 5.33. The van der Waals surface area contributed by atoms with Crippen LogP contribution in [0, 0.1) is 0 Å². The molecule has 0 unspecified atom stereocenters. The summed E-state index contributed by atoms with van der Waals surface area (Å²) >= 11 is 0. The largest absolute Gasteiger partial charge is 0.376 e. The van der Waals surface area contributed by atoms with Gasteiger partial charge in [0.25, 0.3) is 0 Å². The highest BCUT2D eigenvalue weighted by molar-refractivity contribution is 6.01. The normalized spacial score (nSPS) is 16.2. The van der Waals surface area contributed by atoms with Gasteiger partial charge in [-0.05, 0) is 60.7 Å². The predicted octanol–water partition coefficient (Wildman–Crippen LogP) is 3.96. The van der Waals surface area contributed by atoms with Gasteiger partial charge < -0.3 is 14.6 Å². The fraction of sp³-hybridized carbons (Fsp3) is 0.379. The van der Waals surface area contributed by atoms with Crippen LogP contribution in [0.2, 0.25) is 0 Å². The fourth-order valence-corrected chi connectivity index (χ4v) is 4.95. The topological polar surface area (TPSA) is 94.3 Å². The van der Waals surface area contributed by atoms with Gasteiger partial charge in [0.05, 0.1) is 17.3 Å². The number of carbonyl (C=O) groups excluding carboxylic acids is 2. The lowest BCUT2D eigenvalue weighted by Gasteiger charge is -2.32. The molecule has 1 saturated heterocycles. The van der Waals surface area contributed by atoms with Crippen LogP contribution in [-0.2, 0) is 27.9 Å². The zero-order valence-corrected chi connectivity index (χ0v) is 22.1. The molecule has 38 heavy (non-hydrogen) atoms. The van der Waals surface area contributed by atoms with E-state index in [0.29, 0.717) is 36.0 Å². The third-order valence-corrected chi connectivity index (χ3v) is 7.11. The van der Waals surface area contributed by atoms with Gasteiger partial charge in [0, 0.05) is 32.1 Å². The number of amides is 2. The SMILES string of the molecule is CC(C)c1ccc(N(C(=O)Cn2nnc3ccccc32)[C@@H](C(=O)NC[C@H]2CCCO2)c2cccn2C)cc1. The standard InChI is InChI=1S/C29H34N6O3/c1-20(2)21-12-14-22(15-13-21)35(27(36)19-34-25-10-5-4-9-24(25)31-32-34)28(26-11-6-16-33(26)3)29(37)30-18-23-8-7-17-38-23/h4-6,9-16,20,23,28H,7-8,17-19H2,1-3H3,(H,30,37)/t23-,28-/m1/s1. The lowest BCUT2D eigenvalue weighted by Crippen LogP contribution is -2.47. The van der Waals surface area contributed by atoms with E-state index in [0.717, 1.165) is 23.9 Å². The second-order valence-electron chi connectivity index (χ2n) is 10.1. The van der Waals surface area contributed by atoms with Crippen molar-refractivity contribution in [3.8, 4) is 0 Å². The van der Waals surface area contributed by atoms with Crippen molar-refractivity contribution in [1.29, 1.82) is 0 Å². The lowest BCUT2D eigenvalue weighted by molar-refractivity contribution is -0.127. The Morgan fingerprint density at radius 3 is 2.58 bits per heavy atom. The van der Waals surface area contributed by atoms with Gasteiger partial charge in [-0.1, -0.05) is 43.3 Å². The maximum absolute atomic E-state index is 14.1. The van der Waals surface area contributed by atoms with E-state index in [1.807, 2.05) is 78.5 Å². The Morgan fingerprint density at radius 1 is 1.11 bits per heavy atom. The molecule has 2 amide bonds. The van der Waals surface area contributed by atoms with Gasteiger partial charge in [0.15, 0.2) is 6.04 Å². The molecule has 1 aliphatic rings. The van der Waals surface area contributed by atoms with E-state index in [2.05, 4.69) is 29.5 Å². The molecule has 0 saturated carbocycles. The molecule has 5 rings (SSSR count). The van der Waals surface area contributed by atoms with Crippen molar-refractivity contribution in [2.75, 3.05) is 18.1 Å². The number of benzene rings is 2. The van der Waals surface area contributed by atoms with Crippen LogP contribution in [0.4, 0.5) is 5.69 Å². The Morgan fingerprint density at radius 2 is 1.89 bits per heavy atom. The first-order valence-corrected chi connectivity index (χ1v) is 13.1. The van der Waals surface area contributed by atoms with Crippen molar-refractivity contribution in [1.82, 2.24) is 24.9 Å². The summed E-state index contributed by atoms with van der Waals surface area (Å²) in [5.74, 6) is -0.184. The molecule has 4 aromatic rings. The number of fused-ring (bicyclic) bond motifs is 1.